The average Bonchev–Trinajstić information content (AvgIpc) is 3.12. The molecule has 0 amide bonds. The van der Waals surface area contributed by atoms with Crippen LogP contribution in [-0.2, 0) is 0 Å². The Morgan fingerprint density at radius 3 is 2.56 bits per heavy atom. The number of aliphatic hydroxyl groups excluding tert-OH is 1. The van der Waals surface area contributed by atoms with E-state index in [1.54, 1.807) is 0 Å². The molecule has 3 N–H and O–H groups in total. The van der Waals surface area contributed by atoms with E-state index in [4.69, 9.17) is 4.74 Å². The SMILES string of the molecule is CC(c1ccccc1OCC(O)CNC(C)(C)C)c1cccc2[nH]ccc12. The molecule has 2 aromatic carbocycles. The van der Waals surface area contributed by atoms with Crippen molar-refractivity contribution in [3.8, 4) is 5.75 Å². The highest BCUT2D eigenvalue weighted by Crippen LogP contribution is 2.35. The Bertz CT molecular complexity index is 879. The minimum Gasteiger partial charge on any atom is -0.491 e. The molecule has 0 spiro atoms. The summed E-state index contributed by atoms with van der Waals surface area (Å²) in [5, 5.41) is 14.8. The first kappa shape index (κ1) is 19.5. The summed E-state index contributed by atoms with van der Waals surface area (Å²) in [7, 11) is 0. The van der Waals surface area contributed by atoms with Gasteiger partial charge in [0.15, 0.2) is 0 Å². The Balaban J connectivity index is 1.75. The first-order valence-electron chi connectivity index (χ1n) is 9.56. The zero-order valence-corrected chi connectivity index (χ0v) is 16.6. The molecule has 0 aliphatic carbocycles. The zero-order chi connectivity index (χ0) is 19.4. The quantitative estimate of drug-likeness (QED) is 0.579. The Kier molecular flexibility index (Phi) is 5.88. The fourth-order valence-electron chi connectivity index (χ4n) is 3.29. The maximum atomic E-state index is 10.2. The van der Waals surface area contributed by atoms with Crippen molar-refractivity contribution in [1.82, 2.24) is 10.3 Å². The van der Waals surface area contributed by atoms with Crippen molar-refractivity contribution in [2.24, 2.45) is 0 Å². The van der Waals surface area contributed by atoms with Gasteiger partial charge in [0.25, 0.3) is 0 Å². The van der Waals surface area contributed by atoms with Gasteiger partial charge in [0.2, 0.25) is 0 Å². The van der Waals surface area contributed by atoms with E-state index in [1.165, 1.54) is 10.9 Å². The second-order valence-electron chi connectivity index (χ2n) is 8.14. The predicted octanol–water partition coefficient (Wildman–Crippen LogP) is 4.45. The number of β-amino-alcohol motifs (C(OH)–C–C–N with tert-alkyl or cyclic N) is 1. The smallest absolute Gasteiger partial charge is 0.123 e. The number of hydrogen-bond acceptors (Lipinski definition) is 3. The van der Waals surface area contributed by atoms with E-state index < -0.39 is 6.10 Å². The molecule has 27 heavy (non-hydrogen) atoms. The first-order chi connectivity index (χ1) is 12.8. The normalized spacial score (nSPS) is 14.3. The van der Waals surface area contributed by atoms with Crippen molar-refractivity contribution in [3.05, 3.63) is 65.9 Å². The van der Waals surface area contributed by atoms with Crippen LogP contribution < -0.4 is 10.1 Å². The van der Waals surface area contributed by atoms with Crippen molar-refractivity contribution in [2.45, 2.75) is 45.3 Å². The summed E-state index contributed by atoms with van der Waals surface area (Å²) in [6.45, 7) is 9.21. The number of para-hydroxylation sites is 1. The fraction of sp³-hybridized carbons (Fsp3) is 0.391. The van der Waals surface area contributed by atoms with Crippen molar-refractivity contribution in [2.75, 3.05) is 13.2 Å². The molecular weight excluding hydrogens is 336 g/mol. The van der Waals surface area contributed by atoms with Gasteiger partial charge < -0.3 is 20.1 Å². The minimum absolute atomic E-state index is 0.0252. The first-order valence-corrected chi connectivity index (χ1v) is 9.56. The molecule has 2 atom stereocenters. The minimum atomic E-state index is -0.555. The average molecular weight is 367 g/mol. The molecule has 3 rings (SSSR count). The highest BCUT2D eigenvalue weighted by atomic mass is 16.5. The van der Waals surface area contributed by atoms with Crippen LogP contribution in [0.1, 0.15) is 44.7 Å². The summed E-state index contributed by atoms with van der Waals surface area (Å²) >= 11 is 0. The summed E-state index contributed by atoms with van der Waals surface area (Å²) in [4.78, 5) is 3.28. The third kappa shape index (κ3) is 4.90. The molecule has 0 bridgehead atoms. The van der Waals surface area contributed by atoms with Crippen LogP contribution in [0.3, 0.4) is 0 Å². The number of aromatic amines is 1. The molecule has 3 aromatic rings. The lowest BCUT2D eigenvalue weighted by molar-refractivity contribution is 0.0995. The van der Waals surface area contributed by atoms with Gasteiger partial charge in [0, 0.05) is 40.7 Å². The summed E-state index contributed by atoms with van der Waals surface area (Å²) in [5.41, 5.74) is 3.51. The van der Waals surface area contributed by atoms with E-state index in [9.17, 15) is 5.11 Å². The predicted molar refractivity (Wildman–Crippen MR) is 112 cm³/mol. The van der Waals surface area contributed by atoms with Crippen molar-refractivity contribution in [3.63, 3.8) is 0 Å². The van der Waals surface area contributed by atoms with Gasteiger partial charge in [0.05, 0.1) is 0 Å². The molecule has 0 aliphatic rings. The van der Waals surface area contributed by atoms with E-state index in [0.29, 0.717) is 6.54 Å². The van der Waals surface area contributed by atoms with Crippen LogP contribution in [0.25, 0.3) is 10.9 Å². The van der Waals surface area contributed by atoms with E-state index in [1.807, 2.05) is 24.4 Å². The van der Waals surface area contributed by atoms with Crippen LogP contribution in [-0.4, -0.2) is 34.9 Å². The van der Waals surface area contributed by atoms with Crippen LogP contribution in [0, 0.1) is 0 Å². The molecule has 0 saturated heterocycles. The molecular formula is C23H30N2O2. The largest absolute Gasteiger partial charge is 0.491 e. The third-order valence-corrected chi connectivity index (χ3v) is 4.78. The number of aromatic nitrogens is 1. The van der Waals surface area contributed by atoms with Gasteiger partial charge in [-0.15, -0.1) is 0 Å². The highest BCUT2D eigenvalue weighted by molar-refractivity contribution is 5.84. The zero-order valence-electron chi connectivity index (χ0n) is 16.6. The number of hydrogen-bond donors (Lipinski definition) is 3. The fourth-order valence-corrected chi connectivity index (χ4v) is 3.29. The van der Waals surface area contributed by atoms with Gasteiger partial charge in [-0.2, -0.15) is 0 Å². The maximum absolute atomic E-state index is 10.2. The molecule has 0 aliphatic heterocycles. The lowest BCUT2D eigenvalue weighted by Gasteiger charge is -2.24. The molecule has 2 unspecified atom stereocenters. The van der Waals surface area contributed by atoms with E-state index in [2.05, 4.69) is 68.3 Å². The Hall–Kier alpha value is -2.30. The number of fused-ring (bicyclic) bond motifs is 1. The number of rotatable bonds is 7. The van der Waals surface area contributed by atoms with E-state index in [0.717, 1.165) is 16.8 Å². The highest BCUT2D eigenvalue weighted by Gasteiger charge is 2.18. The summed E-state index contributed by atoms with van der Waals surface area (Å²) in [6, 6.07) is 16.5. The van der Waals surface area contributed by atoms with Gasteiger partial charge in [-0.3, -0.25) is 0 Å². The maximum Gasteiger partial charge on any atom is 0.123 e. The van der Waals surface area contributed by atoms with Crippen molar-refractivity contribution >= 4 is 10.9 Å². The van der Waals surface area contributed by atoms with Gasteiger partial charge in [-0.1, -0.05) is 37.3 Å². The number of H-pyrrole nitrogens is 1. The summed E-state index contributed by atoms with van der Waals surface area (Å²) in [6.07, 6.45) is 1.42. The lowest BCUT2D eigenvalue weighted by Crippen LogP contribution is -2.42. The molecule has 1 aromatic heterocycles. The van der Waals surface area contributed by atoms with Crippen LogP contribution >= 0.6 is 0 Å². The molecule has 4 heteroatoms. The van der Waals surface area contributed by atoms with E-state index >= 15 is 0 Å². The second kappa shape index (κ2) is 8.15. The Labute approximate surface area is 161 Å². The number of nitrogens with one attached hydrogen (secondary N) is 2. The lowest BCUT2D eigenvalue weighted by atomic mass is 9.90. The van der Waals surface area contributed by atoms with Gasteiger partial charge in [0.1, 0.15) is 18.5 Å². The number of benzene rings is 2. The van der Waals surface area contributed by atoms with Gasteiger partial charge in [-0.25, -0.2) is 0 Å². The molecule has 0 radical (unpaired) electrons. The van der Waals surface area contributed by atoms with Crippen molar-refractivity contribution in [1.29, 1.82) is 0 Å². The van der Waals surface area contributed by atoms with Crippen LogP contribution in [0.4, 0.5) is 0 Å². The topological polar surface area (TPSA) is 57.3 Å². The van der Waals surface area contributed by atoms with Crippen molar-refractivity contribution < 1.29 is 9.84 Å². The number of aliphatic hydroxyl groups is 1. The van der Waals surface area contributed by atoms with Crippen LogP contribution in [0.15, 0.2) is 54.7 Å². The summed E-state index contributed by atoms with van der Waals surface area (Å²) in [5.74, 6) is 1.01. The van der Waals surface area contributed by atoms with Gasteiger partial charge >= 0.3 is 0 Å². The third-order valence-electron chi connectivity index (χ3n) is 4.78. The monoisotopic (exact) mass is 366 g/mol. The molecule has 0 fully saturated rings. The standard InChI is InChI=1S/C23H30N2O2/c1-16(18-9-7-10-21-20(18)12-13-24-21)19-8-5-6-11-22(19)27-15-17(26)14-25-23(2,3)4/h5-13,16-17,24-26H,14-15H2,1-4H3. The molecule has 144 valence electrons. The Morgan fingerprint density at radius 1 is 1.04 bits per heavy atom. The van der Waals surface area contributed by atoms with Gasteiger partial charge in [-0.05, 0) is 44.5 Å². The van der Waals surface area contributed by atoms with Crippen LogP contribution in [0.5, 0.6) is 5.75 Å². The Morgan fingerprint density at radius 2 is 1.78 bits per heavy atom. The van der Waals surface area contributed by atoms with E-state index in [-0.39, 0.29) is 18.1 Å². The van der Waals surface area contributed by atoms with Crippen LogP contribution in [0.2, 0.25) is 0 Å². The molecule has 0 saturated carbocycles. The second-order valence-corrected chi connectivity index (χ2v) is 8.14. The molecule has 1 heterocycles. The summed E-state index contributed by atoms with van der Waals surface area (Å²) < 4.78 is 6.00. The number of ether oxygens (including phenoxy) is 1. The molecule has 4 nitrogen and oxygen atoms in total.